The predicted molar refractivity (Wildman–Crippen MR) is 119 cm³/mol. The van der Waals surface area contributed by atoms with Gasteiger partial charge in [-0.2, -0.15) is 0 Å². The van der Waals surface area contributed by atoms with Crippen molar-refractivity contribution in [3.63, 3.8) is 0 Å². The van der Waals surface area contributed by atoms with Crippen LogP contribution in [0.2, 0.25) is 5.02 Å². The first-order valence-electron chi connectivity index (χ1n) is 10.1. The Morgan fingerprint density at radius 3 is 2.52 bits per heavy atom. The maximum absolute atomic E-state index is 13.0. The second-order valence-corrected chi connectivity index (χ2v) is 8.03. The predicted octanol–water partition coefficient (Wildman–Crippen LogP) is 4.50. The van der Waals surface area contributed by atoms with Gasteiger partial charge in [0.1, 0.15) is 11.5 Å². The quantitative estimate of drug-likeness (QED) is 0.387. The van der Waals surface area contributed by atoms with Crippen LogP contribution in [-0.2, 0) is 14.3 Å². The number of likely N-dealkylation sites (tertiary alicyclic amines) is 1. The summed E-state index contributed by atoms with van der Waals surface area (Å²) in [6, 6.07) is 11.5. The van der Waals surface area contributed by atoms with Crippen molar-refractivity contribution < 1.29 is 24.2 Å². The number of hydrogen-bond acceptors (Lipinski definition) is 5. The number of ketones is 1. The SMILES string of the molecule is COc1ccc(/C(O)=C2\C(=O)C(=O)N(CCOC(C)C)C2c2ccccc2C)cc1Cl. The highest BCUT2D eigenvalue weighted by Crippen LogP contribution is 2.41. The summed E-state index contributed by atoms with van der Waals surface area (Å²) in [5.41, 5.74) is 2.04. The van der Waals surface area contributed by atoms with Crippen molar-refractivity contribution in [2.24, 2.45) is 0 Å². The Bertz CT molecular complexity index is 1030. The molecular formula is C24H26ClNO5. The molecular weight excluding hydrogens is 418 g/mol. The third-order valence-corrected chi connectivity index (χ3v) is 5.53. The van der Waals surface area contributed by atoms with Gasteiger partial charge in [-0.1, -0.05) is 35.9 Å². The molecule has 7 heteroatoms. The molecule has 1 aliphatic rings. The molecule has 1 N–H and O–H groups in total. The average Bonchev–Trinajstić information content (AvgIpc) is 2.98. The number of methoxy groups -OCH3 is 1. The van der Waals surface area contributed by atoms with E-state index in [-0.39, 0.29) is 30.6 Å². The van der Waals surface area contributed by atoms with E-state index in [1.807, 2.05) is 45.0 Å². The number of ether oxygens (including phenoxy) is 2. The molecule has 1 atom stereocenters. The van der Waals surface area contributed by atoms with Gasteiger partial charge in [-0.3, -0.25) is 9.59 Å². The third-order valence-electron chi connectivity index (χ3n) is 5.23. The fourth-order valence-corrected chi connectivity index (χ4v) is 3.94. The minimum Gasteiger partial charge on any atom is -0.507 e. The second-order valence-electron chi connectivity index (χ2n) is 7.62. The van der Waals surface area contributed by atoms with Crippen LogP contribution in [0.1, 0.15) is 36.6 Å². The number of benzene rings is 2. The molecule has 1 heterocycles. The van der Waals surface area contributed by atoms with Crippen LogP contribution >= 0.6 is 11.6 Å². The lowest BCUT2D eigenvalue weighted by atomic mass is 9.92. The van der Waals surface area contributed by atoms with Gasteiger partial charge < -0.3 is 19.5 Å². The summed E-state index contributed by atoms with van der Waals surface area (Å²) >= 11 is 6.21. The summed E-state index contributed by atoms with van der Waals surface area (Å²) in [5.74, 6) is -1.23. The Labute approximate surface area is 187 Å². The molecule has 2 aromatic carbocycles. The number of carbonyl (C=O) groups excluding carboxylic acids is 2. The normalized spacial score (nSPS) is 18.1. The largest absolute Gasteiger partial charge is 0.507 e. The monoisotopic (exact) mass is 443 g/mol. The van der Waals surface area contributed by atoms with Gasteiger partial charge in [0.2, 0.25) is 0 Å². The Hall–Kier alpha value is -2.83. The highest BCUT2D eigenvalue weighted by atomic mass is 35.5. The second kappa shape index (κ2) is 9.54. The van der Waals surface area contributed by atoms with Crippen LogP contribution in [0.5, 0.6) is 5.75 Å². The Morgan fingerprint density at radius 2 is 1.90 bits per heavy atom. The highest BCUT2D eigenvalue weighted by molar-refractivity contribution is 6.46. The molecule has 6 nitrogen and oxygen atoms in total. The number of aliphatic hydroxyl groups is 1. The average molecular weight is 444 g/mol. The number of amides is 1. The van der Waals surface area contributed by atoms with Gasteiger partial charge in [-0.05, 0) is 50.1 Å². The van der Waals surface area contributed by atoms with E-state index in [2.05, 4.69) is 0 Å². The smallest absolute Gasteiger partial charge is 0.295 e. The molecule has 2 aromatic rings. The van der Waals surface area contributed by atoms with Crippen LogP contribution < -0.4 is 4.74 Å². The molecule has 1 saturated heterocycles. The van der Waals surface area contributed by atoms with Crippen LogP contribution in [0.3, 0.4) is 0 Å². The van der Waals surface area contributed by atoms with E-state index in [4.69, 9.17) is 21.1 Å². The molecule has 1 fully saturated rings. The third kappa shape index (κ3) is 4.60. The van der Waals surface area contributed by atoms with Crippen molar-refractivity contribution in [1.82, 2.24) is 4.90 Å². The maximum Gasteiger partial charge on any atom is 0.295 e. The van der Waals surface area contributed by atoms with E-state index in [0.29, 0.717) is 16.3 Å². The zero-order valence-electron chi connectivity index (χ0n) is 18.0. The molecule has 31 heavy (non-hydrogen) atoms. The summed E-state index contributed by atoms with van der Waals surface area (Å²) in [4.78, 5) is 27.4. The number of aliphatic hydroxyl groups excluding tert-OH is 1. The van der Waals surface area contributed by atoms with E-state index >= 15 is 0 Å². The van der Waals surface area contributed by atoms with E-state index < -0.39 is 17.7 Å². The molecule has 0 aliphatic carbocycles. The number of carbonyl (C=O) groups is 2. The van der Waals surface area contributed by atoms with Gasteiger partial charge in [-0.25, -0.2) is 0 Å². The Morgan fingerprint density at radius 1 is 1.19 bits per heavy atom. The van der Waals surface area contributed by atoms with Gasteiger partial charge in [0.15, 0.2) is 0 Å². The lowest BCUT2D eigenvalue weighted by Crippen LogP contribution is -2.33. The van der Waals surface area contributed by atoms with Crippen LogP contribution in [0.25, 0.3) is 5.76 Å². The van der Waals surface area contributed by atoms with Crippen LogP contribution in [0.4, 0.5) is 0 Å². The first-order chi connectivity index (χ1) is 14.8. The fourth-order valence-electron chi connectivity index (χ4n) is 3.68. The van der Waals surface area contributed by atoms with E-state index in [1.54, 1.807) is 12.1 Å². The summed E-state index contributed by atoms with van der Waals surface area (Å²) in [6.07, 6.45) is -0.00447. The fraction of sp³-hybridized carbons (Fsp3) is 0.333. The Kier molecular flexibility index (Phi) is 7.03. The van der Waals surface area contributed by atoms with Crippen LogP contribution in [-0.4, -0.2) is 48.1 Å². The topological polar surface area (TPSA) is 76.1 Å². The molecule has 0 bridgehead atoms. The highest BCUT2D eigenvalue weighted by Gasteiger charge is 2.46. The Balaban J connectivity index is 2.13. The molecule has 0 spiro atoms. The minimum absolute atomic E-state index is 0.00447. The number of aryl methyl sites for hydroxylation is 1. The minimum atomic E-state index is -0.734. The van der Waals surface area contributed by atoms with Gasteiger partial charge >= 0.3 is 0 Å². The van der Waals surface area contributed by atoms with Crippen LogP contribution in [0, 0.1) is 6.92 Å². The number of halogens is 1. The van der Waals surface area contributed by atoms with Crippen LogP contribution in [0.15, 0.2) is 48.0 Å². The lowest BCUT2D eigenvalue weighted by Gasteiger charge is -2.26. The number of rotatable bonds is 7. The molecule has 0 radical (unpaired) electrons. The molecule has 1 amide bonds. The van der Waals surface area contributed by atoms with Crippen molar-refractivity contribution in [1.29, 1.82) is 0 Å². The van der Waals surface area contributed by atoms with Crippen molar-refractivity contribution >= 4 is 29.1 Å². The van der Waals surface area contributed by atoms with Crippen molar-refractivity contribution in [3.8, 4) is 5.75 Å². The van der Waals surface area contributed by atoms with Crippen molar-refractivity contribution in [2.45, 2.75) is 32.9 Å². The molecule has 164 valence electrons. The number of Topliss-reactive ketones (excluding diaryl/α,β-unsaturated/α-hetero) is 1. The summed E-state index contributed by atoms with van der Waals surface area (Å²) < 4.78 is 10.8. The van der Waals surface area contributed by atoms with E-state index in [0.717, 1.165) is 11.1 Å². The molecule has 0 saturated carbocycles. The van der Waals surface area contributed by atoms with Gasteiger partial charge in [0.25, 0.3) is 11.7 Å². The molecule has 3 rings (SSSR count). The summed E-state index contributed by atoms with van der Waals surface area (Å²) in [6.45, 7) is 6.22. The van der Waals surface area contributed by atoms with E-state index in [9.17, 15) is 14.7 Å². The number of nitrogens with zero attached hydrogens (tertiary/aromatic N) is 1. The summed E-state index contributed by atoms with van der Waals surface area (Å²) in [7, 11) is 1.49. The number of hydrogen-bond donors (Lipinski definition) is 1. The molecule has 0 aromatic heterocycles. The van der Waals surface area contributed by atoms with Crippen molar-refractivity contribution in [3.05, 3.63) is 69.8 Å². The zero-order chi connectivity index (χ0) is 22.7. The van der Waals surface area contributed by atoms with Gasteiger partial charge in [0.05, 0.1) is 36.5 Å². The molecule has 1 aliphatic heterocycles. The first kappa shape index (κ1) is 22.8. The van der Waals surface area contributed by atoms with Crippen molar-refractivity contribution in [2.75, 3.05) is 20.3 Å². The zero-order valence-corrected chi connectivity index (χ0v) is 18.8. The lowest BCUT2D eigenvalue weighted by molar-refractivity contribution is -0.140. The van der Waals surface area contributed by atoms with Gasteiger partial charge in [0, 0.05) is 12.1 Å². The molecule has 1 unspecified atom stereocenters. The first-order valence-corrected chi connectivity index (χ1v) is 10.4. The van der Waals surface area contributed by atoms with E-state index in [1.165, 1.54) is 18.1 Å². The standard InChI is InChI=1S/C24H26ClNO5/c1-14(2)31-12-11-26-21(17-8-6-5-7-15(17)3)20(23(28)24(26)29)22(27)16-9-10-19(30-4)18(25)13-16/h5-10,13-14,21,27H,11-12H2,1-4H3/b22-20+. The summed E-state index contributed by atoms with van der Waals surface area (Å²) in [5, 5.41) is 11.4. The maximum atomic E-state index is 13.0. The van der Waals surface area contributed by atoms with Gasteiger partial charge in [-0.15, -0.1) is 0 Å².